The topological polar surface area (TPSA) is 121 Å². The molecule has 4 heterocycles. The first-order valence-electron chi connectivity index (χ1n) is 14.1. The van der Waals surface area contributed by atoms with E-state index in [9.17, 15) is 12.8 Å². The second-order valence-corrected chi connectivity index (χ2v) is 13.6. The third kappa shape index (κ3) is 6.54. The van der Waals surface area contributed by atoms with Crippen molar-refractivity contribution in [2.45, 2.75) is 51.4 Å². The van der Waals surface area contributed by atoms with Crippen LogP contribution in [0.3, 0.4) is 0 Å². The van der Waals surface area contributed by atoms with Crippen molar-refractivity contribution in [3.8, 4) is 0 Å². The van der Waals surface area contributed by atoms with Gasteiger partial charge in [-0.2, -0.15) is 4.98 Å². The van der Waals surface area contributed by atoms with Crippen molar-refractivity contribution in [2.75, 3.05) is 60.0 Å². The summed E-state index contributed by atoms with van der Waals surface area (Å²) in [5.74, 6) is 2.21. The average molecular weight is 587 g/mol. The molecule has 0 saturated carbocycles. The summed E-state index contributed by atoms with van der Waals surface area (Å²) < 4.78 is 43.8. The van der Waals surface area contributed by atoms with Crippen molar-refractivity contribution >= 4 is 43.9 Å². The molecule has 2 aliphatic rings. The Hall–Kier alpha value is -3.09. The number of hydrogen-bond acceptors (Lipinski definition) is 10. The number of aliphatic hydroxyl groups is 1. The first-order valence-corrected chi connectivity index (χ1v) is 16.2. The molecule has 0 spiro atoms. The number of ether oxygens (including phenoxy) is 1. The van der Waals surface area contributed by atoms with E-state index in [0.29, 0.717) is 37.1 Å². The molecule has 0 bridgehead atoms. The summed E-state index contributed by atoms with van der Waals surface area (Å²) in [6, 6.07) is 8.16. The molecule has 3 unspecified atom stereocenters. The highest BCUT2D eigenvalue weighted by atomic mass is 32.2. The predicted molar refractivity (Wildman–Crippen MR) is 160 cm³/mol. The van der Waals surface area contributed by atoms with Crippen molar-refractivity contribution in [1.82, 2.24) is 15.0 Å². The largest absolute Gasteiger partial charge is 0.394 e. The van der Waals surface area contributed by atoms with Gasteiger partial charge in [0.1, 0.15) is 27.6 Å². The fourth-order valence-electron chi connectivity index (χ4n) is 5.81. The van der Waals surface area contributed by atoms with Gasteiger partial charge in [-0.3, -0.25) is 0 Å². The van der Waals surface area contributed by atoms with E-state index >= 15 is 0 Å². The van der Waals surface area contributed by atoms with Gasteiger partial charge in [0.15, 0.2) is 0 Å². The number of fused-ring (bicyclic) bond motifs is 1. The Morgan fingerprint density at radius 2 is 1.98 bits per heavy atom. The lowest BCUT2D eigenvalue weighted by atomic mass is 9.88. The van der Waals surface area contributed by atoms with Crippen molar-refractivity contribution < 1.29 is 22.7 Å². The van der Waals surface area contributed by atoms with Crippen molar-refractivity contribution in [1.29, 1.82) is 0 Å². The lowest BCUT2D eigenvalue weighted by molar-refractivity contribution is -0.0262. The number of nitrogens with one attached hydrogen (secondary N) is 1. The molecule has 2 saturated heterocycles. The summed E-state index contributed by atoms with van der Waals surface area (Å²) in [6.45, 7) is 7.75. The van der Waals surface area contributed by atoms with E-state index in [1.807, 2.05) is 12.3 Å². The molecule has 12 heteroatoms. The Kier molecular flexibility index (Phi) is 8.62. The van der Waals surface area contributed by atoms with Crippen LogP contribution in [0.15, 0.2) is 36.7 Å². The molecular formula is C29H39FN6O4S. The van der Waals surface area contributed by atoms with Crippen LogP contribution in [-0.4, -0.2) is 91.7 Å². The zero-order valence-corrected chi connectivity index (χ0v) is 24.8. The summed E-state index contributed by atoms with van der Waals surface area (Å²) in [6.07, 6.45) is 3.55. The zero-order chi connectivity index (χ0) is 29.3. The number of pyridine rings is 1. The highest BCUT2D eigenvalue weighted by Gasteiger charge is 2.38. The molecule has 0 radical (unpaired) electrons. The minimum absolute atomic E-state index is 0.109. The number of alkyl halides is 1. The van der Waals surface area contributed by atoms with Crippen LogP contribution in [-0.2, 0) is 14.6 Å². The molecule has 5 rings (SSSR count). The maximum atomic E-state index is 14.7. The Morgan fingerprint density at radius 3 is 2.66 bits per heavy atom. The van der Waals surface area contributed by atoms with Crippen LogP contribution in [0.4, 0.5) is 27.7 Å². The van der Waals surface area contributed by atoms with Crippen LogP contribution in [0, 0.1) is 5.92 Å². The van der Waals surface area contributed by atoms with Gasteiger partial charge in [0, 0.05) is 54.8 Å². The van der Waals surface area contributed by atoms with Gasteiger partial charge < -0.3 is 25.0 Å². The summed E-state index contributed by atoms with van der Waals surface area (Å²) in [5, 5.41) is 14.4. The van der Waals surface area contributed by atoms with E-state index in [2.05, 4.69) is 53.1 Å². The van der Waals surface area contributed by atoms with Gasteiger partial charge in [0.2, 0.25) is 5.95 Å². The molecule has 2 aliphatic heterocycles. The smallest absolute Gasteiger partial charge is 0.227 e. The van der Waals surface area contributed by atoms with E-state index in [-0.39, 0.29) is 43.4 Å². The van der Waals surface area contributed by atoms with Gasteiger partial charge in [0.25, 0.3) is 0 Å². The Morgan fingerprint density at radius 1 is 1.17 bits per heavy atom. The molecule has 0 aliphatic carbocycles. The molecule has 2 fully saturated rings. The number of nitrogens with zero attached hydrogens (tertiary/aromatic N) is 5. The van der Waals surface area contributed by atoms with E-state index in [0.717, 1.165) is 16.5 Å². The number of anilines is 4. The minimum atomic E-state index is -3.03. The van der Waals surface area contributed by atoms with Gasteiger partial charge in [-0.05, 0) is 48.4 Å². The second-order valence-electron chi connectivity index (χ2n) is 11.4. The minimum Gasteiger partial charge on any atom is -0.394 e. The monoisotopic (exact) mass is 586 g/mol. The molecule has 10 nitrogen and oxygen atoms in total. The van der Waals surface area contributed by atoms with Crippen molar-refractivity contribution in [3.63, 3.8) is 0 Å². The van der Waals surface area contributed by atoms with E-state index in [4.69, 9.17) is 14.8 Å². The molecule has 4 atom stereocenters. The second kappa shape index (κ2) is 12.0. The molecule has 3 aromatic rings. The van der Waals surface area contributed by atoms with Crippen LogP contribution in [0.2, 0.25) is 0 Å². The fourth-order valence-corrected chi connectivity index (χ4v) is 6.98. The van der Waals surface area contributed by atoms with Gasteiger partial charge in [0.05, 0.1) is 31.6 Å². The highest BCUT2D eigenvalue weighted by molar-refractivity contribution is 7.90. The average Bonchev–Trinajstić information content (AvgIpc) is 2.93. The number of halogens is 1. The first kappa shape index (κ1) is 29.4. The molecule has 2 aromatic heterocycles. The van der Waals surface area contributed by atoms with Crippen LogP contribution >= 0.6 is 0 Å². The number of aliphatic hydroxyl groups excluding tert-OH is 1. The third-order valence-corrected chi connectivity index (χ3v) is 9.09. The summed E-state index contributed by atoms with van der Waals surface area (Å²) in [7, 11) is -3.03. The highest BCUT2D eigenvalue weighted by Crippen LogP contribution is 2.39. The van der Waals surface area contributed by atoms with Gasteiger partial charge in [-0.1, -0.05) is 19.9 Å². The predicted octanol–water partition coefficient (Wildman–Crippen LogP) is 3.69. The summed E-state index contributed by atoms with van der Waals surface area (Å²) in [5.41, 5.74) is 2.25. The Bertz CT molecular complexity index is 1490. The summed E-state index contributed by atoms with van der Waals surface area (Å²) >= 11 is 0. The van der Waals surface area contributed by atoms with Crippen LogP contribution < -0.4 is 15.1 Å². The number of benzene rings is 1. The molecule has 0 amide bonds. The van der Waals surface area contributed by atoms with Crippen LogP contribution in [0.25, 0.3) is 10.8 Å². The molecule has 1 aromatic carbocycles. The standard InChI is InChI=1S/C29H39FN6O4S/c1-18(2)21-5-6-25(36-15-20(19(36)3)17-41(4,38)39)23-14-32-28(13-22(21)23)33-27-7-9-31-29(34-27)35-10-8-26(24(30)16-35)40-12-11-37/h5-7,9,13-14,18-20,24,26,37H,8,10-12,15-17H2,1-4H3,(H,31,32,33,34)/t19?,20-,24?,26?/m1/s1. The van der Waals surface area contributed by atoms with Gasteiger partial charge >= 0.3 is 0 Å². The van der Waals surface area contributed by atoms with Crippen molar-refractivity contribution in [2.24, 2.45) is 5.92 Å². The number of sulfone groups is 1. The molecule has 41 heavy (non-hydrogen) atoms. The van der Waals surface area contributed by atoms with Crippen LogP contribution in [0.5, 0.6) is 0 Å². The quantitative estimate of drug-likeness (QED) is 0.364. The molecular weight excluding hydrogens is 547 g/mol. The molecule has 2 N–H and O–H groups in total. The Balaban J connectivity index is 1.36. The molecule has 222 valence electrons. The lowest BCUT2D eigenvalue weighted by Crippen LogP contribution is -2.57. The van der Waals surface area contributed by atoms with E-state index < -0.39 is 22.1 Å². The van der Waals surface area contributed by atoms with Gasteiger partial charge in [-0.15, -0.1) is 0 Å². The SMILES string of the molecule is CC(C)c1ccc(N2C[C@H](CS(C)(=O)=O)C2C)c2cnc(Nc3ccnc(N4CCC(OCCO)C(F)C4)n3)cc12. The van der Waals surface area contributed by atoms with E-state index in [1.165, 1.54) is 11.8 Å². The first-order chi connectivity index (χ1) is 19.5. The number of hydrogen-bond donors (Lipinski definition) is 2. The number of rotatable bonds is 10. The van der Waals surface area contributed by atoms with Crippen LogP contribution in [0.1, 0.15) is 38.7 Å². The van der Waals surface area contributed by atoms with Gasteiger partial charge in [-0.25, -0.2) is 22.8 Å². The fraction of sp³-hybridized carbons (Fsp3) is 0.552. The maximum Gasteiger partial charge on any atom is 0.227 e. The van der Waals surface area contributed by atoms with E-state index in [1.54, 1.807) is 17.2 Å². The Labute approximate surface area is 240 Å². The normalized spacial score (nSPS) is 23.2. The van der Waals surface area contributed by atoms with Crippen molar-refractivity contribution in [3.05, 3.63) is 42.2 Å². The maximum absolute atomic E-state index is 14.7. The number of aromatic nitrogens is 3. The third-order valence-electron chi connectivity index (χ3n) is 8.05. The lowest BCUT2D eigenvalue weighted by Gasteiger charge is -2.48. The summed E-state index contributed by atoms with van der Waals surface area (Å²) in [4.78, 5) is 17.7. The number of piperidine rings is 1. The zero-order valence-electron chi connectivity index (χ0n) is 24.0.